The van der Waals surface area contributed by atoms with Gasteiger partial charge in [0.15, 0.2) is 0 Å². The fourth-order valence-corrected chi connectivity index (χ4v) is 4.20. The van der Waals surface area contributed by atoms with Gasteiger partial charge in [-0.1, -0.05) is 84.7 Å². The van der Waals surface area contributed by atoms with E-state index in [1.165, 1.54) is 11.0 Å². The average molecular weight is 515 g/mol. The number of amides is 2. The molecule has 0 aliphatic carbocycles. The molecule has 0 heterocycles. The van der Waals surface area contributed by atoms with E-state index in [1.807, 2.05) is 44.2 Å². The summed E-state index contributed by atoms with van der Waals surface area (Å²) in [4.78, 5) is 28.6. The maximum absolute atomic E-state index is 14.4. The van der Waals surface area contributed by atoms with Crippen molar-refractivity contribution >= 4 is 35.0 Å². The van der Waals surface area contributed by atoms with E-state index in [9.17, 15) is 14.0 Å². The van der Waals surface area contributed by atoms with Crippen LogP contribution < -0.4 is 5.32 Å². The van der Waals surface area contributed by atoms with E-state index < -0.39 is 11.9 Å². The summed E-state index contributed by atoms with van der Waals surface area (Å²) >= 11 is 12.5. The fourth-order valence-electron chi connectivity index (χ4n) is 3.73. The normalized spacial score (nSPS) is 12.6. The van der Waals surface area contributed by atoms with E-state index in [1.54, 1.807) is 36.4 Å². The summed E-state index contributed by atoms with van der Waals surface area (Å²) in [6, 6.07) is 19.8. The van der Waals surface area contributed by atoms with Crippen molar-refractivity contribution in [2.75, 3.05) is 0 Å². The van der Waals surface area contributed by atoms with Gasteiger partial charge in [-0.15, -0.1) is 0 Å². The molecular formula is C28H29Cl2FN2O2. The zero-order valence-corrected chi connectivity index (χ0v) is 21.3. The molecule has 7 heteroatoms. The van der Waals surface area contributed by atoms with Crippen LogP contribution in [0.1, 0.15) is 37.0 Å². The molecule has 3 aromatic carbocycles. The second-order valence-corrected chi connectivity index (χ2v) is 9.39. The van der Waals surface area contributed by atoms with Crippen LogP contribution in [0.15, 0.2) is 72.8 Å². The van der Waals surface area contributed by atoms with Crippen LogP contribution >= 0.6 is 23.2 Å². The fraction of sp³-hybridized carbons (Fsp3) is 0.286. The van der Waals surface area contributed by atoms with Crippen molar-refractivity contribution < 1.29 is 14.0 Å². The van der Waals surface area contributed by atoms with Crippen LogP contribution in [0.4, 0.5) is 4.39 Å². The number of halogens is 3. The molecule has 0 radical (unpaired) electrons. The van der Waals surface area contributed by atoms with Crippen molar-refractivity contribution in [3.05, 3.63) is 105 Å². The molecule has 0 aliphatic rings. The van der Waals surface area contributed by atoms with Crippen LogP contribution in [0, 0.1) is 5.82 Å². The first-order valence-corrected chi connectivity index (χ1v) is 12.3. The highest BCUT2D eigenvalue weighted by Crippen LogP contribution is 2.25. The molecule has 3 rings (SSSR count). The lowest BCUT2D eigenvalue weighted by Gasteiger charge is -2.32. The maximum atomic E-state index is 14.4. The first kappa shape index (κ1) is 26.7. The molecule has 0 saturated heterocycles. The topological polar surface area (TPSA) is 49.4 Å². The smallest absolute Gasteiger partial charge is 0.243 e. The zero-order chi connectivity index (χ0) is 25.4. The second kappa shape index (κ2) is 12.7. The average Bonchev–Trinajstić information content (AvgIpc) is 2.84. The van der Waals surface area contributed by atoms with Gasteiger partial charge in [0, 0.05) is 29.1 Å². The van der Waals surface area contributed by atoms with Gasteiger partial charge in [0.25, 0.3) is 0 Å². The Balaban J connectivity index is 2.01. The van der Waals surface area contributed by atoms with E-state index in [-0.39, 0.29) is 36.4 Å². The molecule has 0 spiro atoms. The first-order chi connectivity index (χ1) is 16.8. The number of nitrogens with one attached hydrogen (secondary N) is 1. The first-order valence-electron chi connectivity index (χ1n) is 11.6. The molecule has 1 N–H and O–H groups in total. The highest BCUT2D eigenvalue weighted by Gasteiger charge is 2.31. The number of hydrogen-bond donors (Lipinski definition) is 1. The van der Waals surface area contributed by atoms with Crippen molar-refractivity contribution in [1.82, 2.24) is 10.2 Å². The molecule has 0 bridgehead atoms. The highest BCUT2D eigenvalue weighted by molar-refractivity contribution is 6.35. The molecule has 0 aromatic heterocycles. The van der Waals surface area contributed by atoms with Crippen LogP contribution in [0.2, 0.25) is 10.0 Å². The van der Waals surface area contributed by atoms with Crippen LogP contribution in [0.25, 0.3) is 0 Å². The van der Waals surface area contributed by atoms with Gasteiger partial charge in [-0.3, -0.25) is 9.59 Å². The largest absolute Gasteiger partial charge is 0.352 e. The van der Waals surface area contributed by atoms with Crippen molar-refractivity contribution in [3.63, 3.8) is 0 Å². The van der Waals surface area contributed by atoms with Gasteiger partial charge in [0.1, 0.15) is 11.9 Å². The van der Waals surface area contributed by atoms with E-state index in [2.05, 4.69) is 5.32 Å². The third-order valence-corrected chi connectivity index (χ3v) is 6.51. The van der Waals surface area contributed by atoms with Gasteiger partial charge in [0.2, 0.25) is 11.8 Å². The van der Waals surface area contributed by atoms with E-state index >= 15 is 0 Å². The van der Waals surface area contributed by atoms with Crippen LogP contribution in [-0.2, 0) is 29.0 Å². The molecule has 0 saturated carbocycles. The van der Waals surface area contributed by atoms with Crippen LogP contribution in [0.5, 0.6) is 0 Å². The van der Waals surface area contributed by atoms with Crippen molar-refractivity contribution in [2.24, 2.45) is 0 Å². The Hall–Kier alpha value is -2.89. The van der Waals surface area contributed by atoms with E-state index in [4.69, 9.17) is 23.2 Å². The lowest BCUT2D eigenvalue weighted by Crippen LogP contribution is -2.52. The lowest BCUT2D eigenvalue weighted by molar-refractivity contribution is -0.141. The van der Waals surface area contributed by atoms with Gasteiger partial charge in [0.05, 0.1) is 6.42 Å². The van der Waals surface area contributed by atoms with Gasteiger partial charge in [-0.05, 0) is 48.2 Å². The third kappa shape index (κ3) is 7.55. The van der Waals surface area contributed by atoms with Gasteiger partial charge >= 0.3 is 0 Å². The van der Waals surface area contributed by atoms with Gasteiger partial charge in [-0.2, -0.15) is 0 Å². The van der Waals surface area contributed by atoms with Crippen LogP contribution in [-0.4, -0.2) is 28.8 Å². The third-order valence-electron chi connectivity index (χ3n) is 5.93. The molecule has 0 unspecified atom stereocenters. The Morgan fingerprint density at radius 2 is 1.66 bits per heavy atom. The lowest BCUT2D eigenvalue weighted by atomic mass is 10.0. The predicted octanol–water partition coefficient (Wildman–Crippen LogP) is 6.23. The van der Waals surface area contributed by atoms with Crippen LogP contribution in [0.3, 0.4) is 0 Å². The number of rotatable bonds is 10. The quantitative estimate of drug-likeness (QED) is 0.348. The number of hydrogen-bond acceptors (Lipinski definition) is 2. The van der Waals surface area contributed by atoms with E-state index in [0.717, 1.165) is 12.0 Å². The summed E-state index contributed by atoms with van der Waals surface area (Å²) in [7, 11) is 0. The maximum Gasteiger partial charge on any atom is 0.243 e. The Labute approximate surface area is 216 Å². The van der Waals surface area contributed by atoms with Crippen molar-refractivity contribution in [3.8, 4) is 0 Å². The second-order valence-electron chi connectivity index (χ2n) is 8.55. The Kier molecular flexibility index (Phi) is 9.70. The van der Waals surface area contributed by atoms with Crippen molar-refractivity contribution in [1.29, 1.82) is 0 Å². The summed E-state index contributed by atoms with van der Waals surface area (Å²) in [6.07, 6.45) is 0.868. The van der Waals surface area contributed by atoms with Gasteiger partial charge < -0.3 is 10.2 Å². The SMILES string of the molecule is CC[C@@H](C)NC(=O)[C@@H](Cc1ccccc1)N(Cc1ccc(Cl)cc1Cl)C(=O)Cc1ccccc1F. The van der Waals surface area contributed by atoms with Crippen molar-refractivity contribution in [2.45, 2.75) is 51.7 Å². The summed E-state index contributed by atoms with van der Waals surface area (Å²) in [5.41, 5.74) is 1.82. The van der Waals surface area contributed by atoms with Gasteiger partial charge in [-0.25, -0.2) is 4.39 Å². The molecule has 0 fully saturated rings. The molecule has 3 aromatic rings. The Morgan fingerprint density at radius 3 is 2.31 bits per heavy atom. The number of nitrogens with zero attached hydrogens (tertiary/aromatic N) is 1. The summed E-state index contributed by atoms with van der Waals surface area (Å²) in [5.74, 6) is -1.11. The zero-order valence-electron chi connectivity index (χ0n) is 19.8. The number of carbonyl (C=O) groups is 2. The minimum atomic E-state index is -0.822. The standard InChI is InChI=1S/C28H29Cl2FN2O2/c1-3-19(2)32-28(35)26(15-20-9-5-4-6-10-20)33(18-22-13-14-23(29)17-24(22)30)27(34)16-21-11-7-8-12-25(21)31/h4-14,17,19,26H,3,15-16,18H2,1-2H3,(H,32,35)/t19-,26-/m1/s1. The molecule has 0 aliphatic heterocycles. The molecule has 184 valence electrons. The highest BCUT2D eigenvalue weighted by atomic mass is 35.5. The minimum Gasteiger partial charge on any atom is -0.352 e. The molecule has 35 heavy (non-hydrogen) atoms. The summed E-state index contributed by atoms with van der Waals surface area (Å²) in [6.45, 7) is 3.97. The summed E-state index contributed by atoms with van der Waals surface area (Å²) in [5, 5.41) is 3.87. The molecule has 2 amide bonds. The Morgan fingerprint density at radius 1 is 0.971 bits per heavy atom. The minimum absolute atomic E-state index is 0.0663. The number of benzene rings is 3. The Bertz CT molecular complexity index is 1160. The summed E-state index contributed by atoms with van der Waals surface area (Å²) < 4.78 is 14.4. The monoisotopic (exact) mass is 514 g/mol. The molecular weight excluding hydrogens is 486 g/mol. The predicted molar refractivity (Wildman–Crippen MR) is 139 cm³/mol. The molecule has 2 atom stereocenters. The molecule has 4 nitrogen and oxygen atoms in total. The van der Waals surface area contributed by atoms with E-state index in [0.29, 0.717) is 22.0 Å². The number of carbonyl (C=O) groups excluding carboxylic acids is 2.